The zero-order valence-electron chi connectivity index (χ0n) is 15.7. The molecule has 0 spiro atoms. The summed E-state index contributed by atoms with van der Waals surface area (Å²) in [7, 11) is 1.65. The number of ether oxygens (including phenoxy) is 1. The van der Waals surface area contributed by atoms with Gasteiger partial charge in [0.05, 0.1) is 12.6 Å². The molecule has 6 heteroatoms. The Kier molecular flexibility index (Phi) is 6.06. The van der Waals surface area contributed by atoms with Crippen molar-refractivity contribution in [3.8, 4) is 5.75 Å². The quantitative estimate of drug-likeness (QED) is 0.802. The minimum absolute atomic E-state index is 0.0798. The number of nitrogens with one attached hydrogen (secondary N) is 1. The van der Waals surface area contributed by atoms with E-state index in [0.29, 0.717) is 17.3 Å². The Bertz CT molecular complexity index is 836. The first-order chi connectivity index (χ1) is 13.0. The molecule has 1 aliphatic heterocycles. The summed E-state index contributed by atoms with van der Waals surface area (Å²) >= 11 is 1.59. The van der Waals surface area contributed by atoms with Crippen LogP contribution in [0.4, 0.5) is 0 Å². The first kappa shape index (κ1) is 19.3. The van der Waals surface area contributed by atoms with Crippen LogP contribution in [-0.4, -0.2) is 30.5 Å². The van der Waals surface area contributed by atoms with E-state index in [4.69, 9.17) is 10.5 Å². The Balaban J connectivity index is 1.60. The summed E-state index contributed by atoms with van der Waals surface area (Å²) in [5.41, 5.74) is 8.38. The predicted octanol–water partition coefficient (Wildman–Crippen LogP) is 3.33. The van der Waals surface area contributed by atoms with E-state index in [9.17, 15) is 4.79 Å². The van der Waals surface area contributed by atoms with Gasteiger partial charge in [0.2, 0.25) is 0 Å². The topological polar surface area (TPSA) is 76.7 Å². The van der Waals surface area contributed by atoms with Crippen molar-refractivity contribution in [2.24, 2.45) is 10.7 Å². The average Bonchev–Trinajstić information content (AvgIpc) is 2.68. The first-order valence-corrected chi connectivity index (χ1v) is 9.99. The highest BCUT2D eigenvalue weighted by molar-refractivity contribution is 8.13. The number of benzene rings is 2. The predicted molar refractivity (Wildman–Crippen MR) is 112 cm³/mol. The molecule has 1 unspecified atom stereocenters. The van der Waals surface area contributed by atoms with Crippen LogP contribution >= 0.6 is 11.8 Å². The molecule has 1 atom stereocenters. The highest BCUT2D eigenvalue weighted by Crippen LogP contribution is 2.34. The van der Waals surface area contributed by atoms with Crippen molar-refractivity contribution in [3.05, 3.63) is 65.2 Å². The lowest BCUT2D eigenvalue weighted by atomic mass is 9.89. The van der Waals surface area contributed by atoms with Crippen LogP contribution in [0.5, 0.6) is 5.75 Å². The molecule has 3 rings (SSSR count). The number of para-hydroxylation sites is 1. The third-order valence-electron chi connectivity index (χ3n) is 4.84. The fourth-order valence-corrected chi connectivity index (χ4v) is 4.17. The molecule has 3 N–H and O–H groups in total. The molecule has 0 aliphatic carbocycles. The highest BCUT2D eigenvalue weighted by Gasteiger charge is 2.29. The Hall–Kier alpha value is -2.47. The molecule has 0 radical (unpaired) electrons. The first-order valence-electron chi connectivity index (χ1n) is 9.00. The molecule has 0 saturated heterocycles. The summed E-state index contributed by atoms with van der Waals surface area (Å²) < 4.78 is 5.34. The van der Waals surface area contributed by atoms with Crippen LogP contribution in [0.3, 0.4) is 0 Å². The average molecular weight is 384 g/mol. The number of carbonyl (C=O) groups is 1. The van der Waals surface area contributed by atoms with Crippen LogP contribution in [-0.2, 0) is 12.0 Å². The fourth-order valence-electron chi connectivity index (χ4n) is 3.20. The number of hydrogen-bond donors (Lipinski definition) is 2. The van der Waals surface area contributed by atoms with E-state index in [-0.39, 0.29) is 11.4 Å². The largest absolute Gasteiger partial charge is 0.496 e. The van der Waals surface area contributed by atoms with Gasteiger partial charge < -0.3 is 15.8 Å². The molecular formula is C21H25N3O2S. The molecule has 142 valence electrons. The number of aliphatic imine (C=N–C) groups is 1. The molecule has 0 aromatic heterocycles. The second kappa shape index (κ2) is 8.48. The third kappa shape index (κ3) is 4.63. The number of nitrogens with two attached hydrogens (primary N) is 1. The van der Waals surface area contributed by atoms with Crippen molar-refractivity contribution in [1.29, 1.82) is 0 Å². The van der Waals surface area contributed by atoms with Crippen LogP contribution in [0, 0.1) is 0 Å². The zero-order chi connectivity index (χ0) is 19.3. The van der Waals surface area contributed by atoms with Crippen LogP contribution in [0.1, 0.15) is 34.8 Å². The molecular weight excluding hydrogens is 358 g/mol. The molecule has 5 nitrogen and oxygen atoms in total. The van der Waals surface area contributed by atoms with E-state index < -0.39 is 0 Å². The number of methoxy groups -OCH3 is 1. The number of thioether (sulfide) groups is 1. The lowest BCUT2D eigenvalue weighted by Crippen LogP contribution is -2.29. The minimum atomic E-state index is -0.311. The summed E-state index contributed by atoms with van der Waals surface area (Å²) in [6.45, 7) is 2.64. The van der Waals surface area contributed by atoms with E-state index in [1.165, 1.54) is 0 Å². The van der Waals surface area contributed by atoms with Gasteiger partial charge in [-0.15, -0.1) is 0 Å². The molecule has 0 fully saturated rings. The van der Waals surface area contributed by atoms with Gasteiger partial charge in [0.15, 0.2) is 5.17 Å². The van der Waals surface area contributed by atoms with Gasteiger partial charge in [-0.2, -0.15) is 0 Å². The van der Waals surface area contributed by atoms with Crippen molar-refractivity contribution in [2.45, 2.75) is 25.3 Å². The molecule has 1 amide bonds. The van der Waals surface area contributed by atoms with Gasteiger partial charge in [-0.25, -0.2) is 0 Å². The van der Waals surface area contributed by atoms with Crippen molar-refractivity contribution in [1.82, 2.24) is 5.32 Å². The summed E-state index contributed by atoms with van der Waals surface area (Å²) in [5.74, 6) is 1.72. The number of amidine groups is 1. The van der Waals surface area contributed by atoms with E-state index >= 15 is 0 Å². The maximum Gasteiger partial charge on any atom is 0.251 e. The Labute approximate surface area is 164 Å². The molecule has 0 bridgehead atoms. The summed E-state index contributed by atoms with van der Waals surface area (Å²) in [6.07, 6.45) is 1.65. The minimum Gasteiger partial charge on any atom is -0.496 e. The van der Waals surface area contributed by atoms with E-state index in [1.54, 1.807) is 18.9 Å². The van der Waals surface area contributed by atoms with Gasteiger partial charge >= 0.3 is 0 Å². The standard InChI is InChI=1S/C21H25N3O2S/c1-21(12-14-27-20(22)24-21)17-9-7-16(8-10-17)19(25)23-13-11-15-5-3-4-6-18(15)26-2/h3-10H,11-14H2,1-2H3,(H2,22,24)(H,23,25). The number of rotatable bonds is 6. The van der Waals surface area contributed by atoms with E-state index in [2.05, 4.69) is 17.2 Å². The van der Waals surface area contributed by atoms with Crippen molar-refractivity contribution >= 4 is 22.8 Å². The van der Waals surface area contributed by atoms with Gasteiger partial charge in [-0.3, -0.25) is 9.79 Å². The second-order valence-corrected chi connectivity index (χ2v) is 7.83. The molecule has 2 aromatic carbocycles. The summed E-state index contributed by atoms with van der Waals surface area (Å²) in [5, 5.41) is 3.60. The van der Waals surface area contributed by atoms with Gasteiger partial charge in [0.25, 0.3) is 5.91 Å². The molecule has 1 aliphatic rings. The van der Waals surface area contributed by atoms with Crippen molar-refractivity contribution in [3.63, 3.8) is 0 Å². The normalized spacial score (nSPS) is 19.3. The number of amides is 1. The monoisotopic (exact) mass is 383 g/mol. The fraction of sp³-hybridized carbons (Fsp3) is 0.333. The van der Waals surface area contributed by atoms with Crippen molar-refractivity contribution in [2.75, 3.05) is 19.4 Å². The smallest absolute Gasteiger partial charge is 0.251 e. The Morgan fingerprint density at radius 2 is 2.00 bits per heavy atom. The highest BCUT2D eigenvalue weighted by atomic mass is 32.2. The lowest BCUT2D eigenvalue weighted by Gasteiger charge is -2.29. The van der Waals surface area contributed by atoms with Crippen LogP contribution in [0.2, 0.25) is 0 Å². The second-order valence-electron chi connectivity index (χ2n) is 6.72. The van der Waals surface area contributed by atoms with Crippen LogP contribution in [0.25, 0.3) is 0 Å². The zero-order valence-corrected chi connectivity index (χ0v) is 16.5. The molecule has 27 heavy (non-hydrogen) atoms. The lowest BCUT2D eigenvalue weighted by molar-refractivity contribution is 0.0954. The third-order valence-corrected chi connectivity index (χ3v) is 5.63. The number of carbonyl (C=O) groups excluding carboxylic acids is 1. The van der Waals surface area contributed by atoms with Crippen LogP contribution in [0.15, 0.2) is 53.5 Å². The van der Waals surface area contributed by atoms with Crippen LogP contribution < -0.4 is 15.8 Å². The van der Waals surface area contributed by atoms with E-state index in [0.717, 1.165) is 35.5 Å². The van der Waals surface area contributed by atoms with Crippen molar-refractivity contribution < 1.29 is 9.53 Å². The molecule has 0 saturated carbocycles. The van der Waals surface area contributed by atoms with Gasteiger partial charge in [0, 0.05) is 17.9 Å². The molecule has 1 heterocycles. The Morgan fingerprint density at radius 1 is 1.26 bits per heavy atom. The maximum absolute atomic E-state index is 12.4. The van der Waals surface area contributed by atoms with Gasteiger partial charge in [0.1, 0.15) is 5.75 Å². The summed E-state index contributed by atoms with van der Waals surface area (Å²) in [6, 6.07) is 15.5. The SMILES string of the molecule is COc1ccccc1CCNC(=O)c1ccc(C2(C)CCSC(N)=N2)cc1. The summed E-state index contributed by atoms with van der Waals surface area (Å²) in [4.78, 5) is 17.0. The number of nitrogens with zero attached hydrogens (tertiary/aromatic N) is 1. The van der Waals surface area contributed by atoms with Gasteiger partial charge in [-0.1, -0.05) is 42.1 Å². The van der Waals surface area contributed by atoms with E-state index in [1.807, 2.05) is 48.5 Å². The Morgan fingerprint density at radius 3 is 2.70 bits per heavy atom. The maximum atomic E-state index is 12.4. The number of hydrogen-bond acceptors (Lipinski definition) is 5. The molecule has 2 aromatic rings. The van der Waals surface area contributed by atoms with Gasteiger partial charge in [-0.05, 0) is 49.1 Å².